The van der Waals surface area contributed by atoms with E-state index in [-0.39, 0.29) is 42.7 Å². The maximum Gasteiger partial charge on any atom is 0.269 e. The monoisotopic (exact) mass is 369 g/mol. The van der Waals surface area contributed by atoms with Crippen LogP contribution < -0.4 is 15.8 Å². The number of carbonyl (C=O) groups is 1. The molecule has 0 aromatic heterocycles. The summed E-state index contributed by atoms with van der Waals surface area (Å²) >= 11 is 0. The van der Waals surface area contributed by atoms with Gasteiger partial charge in [-0.3, -0.25) is 14.9 Å². The number of ether oxygens (including phenoxy) is 1. The highest BCUT2D eigenvalue weighted by molar-refractivity contribution is 5.85. The van der Waals surface area contributed by atoms with Crippen LogP contribution in [-0.4, -0.2) is 29.5 Å². The maximum absolute atomic E-state index is 12.2. The molecule has 2 aliphatic carbocycles. The lowest BCUT2D eigenvalue weighted by atomic mass is 9.67. The number of rotatable bonds is 5. The molecular formula is C17H24ClN3O4. The summed E-state index contributed by atoms with van der Waals surface area (Å²) in [5.74, 6) is 1.24. The Bertz CT molecular complexity index is 596. The Balaban J connectivity index is 0.00000225. The first-order valence-corrected chi connectivity index (χ1v) is 8.45. The van der Waals surface area contributed by atoms with Crippen molar-refractivity contribution in [2.75, 3.05) is 6.61 Å². The van der Waals surface area contributed by atoms with Crippen molar-refractivity contribution >= 4 is 24.0 Å². The Morgan fingerprint density at radius 3 is 2.40 bits per heavy atom. The standard InChI is InChI=1S/C17H23N3O4.ClH/c18-13-8-11-2-1-3-12(9-13)17(11)19-16(21)10-24-15-6-4-14(5-7-15)20(22)23;/h4-7,11-13,17H,1-3,8-10,18H2,(H,19,21);1H. The molecule has 25 heavy (non-hydrogen) atoms. The van der Waals surface area contributed by atoms with E-state index >= 15 is 0 Å². The number of hydrogen-bond acceptors (Lipinski definition) is 5. The van der Waals surface area contributed by atoms with Gasteiger partial charge in [0.05, 0.1) is 4.92 Å². The molecule has 2 atom stereocenters. The number of halogens is 1. The number of nitrogens with zero attached hydrogens (tertiary/aromatic N) is 1. The molecule has 1 aromatic rings. The molecule has 0 saturated heterocycles. The van der Waals surface area contributed by atoms with Crippen molar-refractivity contribution in [1.82, 2.24) is 5.32 Å². The summed E-state index contributed by atoms with van der Waals surface area (Å²) < 4.78 is 5.43. The molecule has 138 valence electrons. The summed E-state index contributed by atoms with van der Waals surface area (Å²) in [6.07, 6.45) is 5.42. The first kappa shape index (κ1) is 19.5. The molecule has 3 rings (SSSR count). The largest absolute Gasteiger partial charge is 0.484 e. The lowest BCUT2D eigenvalue weighted by Crippen LogP contribution is -2.54. The minimum absolute atomic E-state index is 0. The van der Waals surface area contributed by atoms with Crippen LogP contribution in [0.2, 0.25) is 0 Å². The second kappa shape index (κ2) is 8.49. The zero-order chi connectivity index (χ0) is 17.1. The molecule has 2 aliphatic rings. The number of nitrogens with one attached hydrogen (secondary N) is 1. The Labute approximate surface area is 152 Å². The number of hydrogen-bond donors (Lipinski definition) is 2. The number of carbonyl (C=O) groups excluding carboxylic acids is 1. The first-order chi connectivity index (χ1) is 11.5. The zero-order valence-corrected chi connectivity index (χ0v) is 14.7. The fourth-order valence-corrected chi connectivity index (χ4v) is 4.07. The predicted octanol–water partition coefficient (Wildman–Crippen LogP) is 2.42. The van der Waals surface area contributed by atoms with E-state index < -0.39 is 4.92 Å². The number of amides is 1. The highest BCUT2D eigenvalue weighted by Gasteiger charge is 2.39. The van der Waals surface area contributed by atoms with Crippen LogP contribution in [0.5, 0.6) is 5.75 Å². The molecule has 1 aromatic carbocycles. The minimum atomic E-state index is -0.469. The van der Waals surface area contributed by atoms with Gasteiger partial charge in [0.25, 0.3) is 11.6 Å². The molecule has 2 bridgehead atoms. The first-order valence-electron chi connectivity index (χ1n) is 8.45. The second-order valence-electron chi connectivity index (χ2n) is 6.82. The number of nitrogens with two attached hydrogens (primary N) is 1. The van der Waals surface area contributed by atoms with Gasteiger partial charge >= 0.3 is 0 Å². The number of benzene rings is 1. The van der Waals surface area contributed by atoms with E-state index in [1.54, 1.807) is 0 Å². The highest BCUT2D eigenvalue weighted by Crippen LogP contribution is 2.39. The van der Waals surface area contributed by atoms with Crippen LogP contribution in [-0.2, 0) is 4.79 Å². The van der Waals surface area contributed by atoms with E-state index in [1.165, 1.54) is 30.7 Å². The van der Waals surface area contributed by atoms with E-state index in [0.29, 0.717) is 17.6 Å². The van der Waals surface area contributed by atoms with Gasteiger partial charge in [-0.2, -0.15) is 0 Å². The molecule has 0 aliphatic heterocycles. The van der Waals surface area contributed by atoms with Gasteiger partial charge in [0.15, 0.2) is 6.61 Å². The number of non-ortho nitro benzene ring substituents is 1. The summed E-state index contributed by atoms with van der Waals surface area (Å²) in [4.78, 5) is 22.3. The van der Waals surface area contributed by atoms with E-state index in [1.807, 2.05) is 0 Å². The summed E-state index contributed by atoms with van der Waals surface area (Å²) in [5, 5.41) is 13.7. The van der Waals surface area contributed by atoms with Crippen LogP contribution in [0.3, 0.4) is 0 Å². The molecule has 0 heterocycles. The van der Waals surface area contributed by atoms with Crippen molar-refractivity contribution in [3.05, 3.63) is 34.4 Å². The minimum Gasteiger partial charge on any atom is -0.484 e. The highest BCUT2D eigenvalue weighted by atomic mass is 35.5. The van der Waals surface area contributed by atoms with Crippen LogP contribution in [0, 0.1) is 22.0 Å². The van der Waals surface area contributed by atoms with Gasteiger partial charge < -0.3 is 15.8 Å². The molecule has 1 amide bonds. The van der Waals surface area contributed by atoms with E-state index in [0.717, 1.165) is 25.7 Å². The molecule has 3 N–H and O–H groups in total. The fraction of sp³-hybridized carbons (Fsp3) is 0.588. The van der Waals surface area contributed by atoms with Crippen molar-refractivity contribution < 1.29 is 14.5 Å². The normalized spacial score (nSPS) is 27.7. The average Bonchev–Trinajstić information content (AvgIpc) is 2.54. The Morgan fingerprint density at radius 2 is 1.84 bits per heavy atom. The van der Waals surface area contributed by atoms with E-state index in [2.05, 4.69) is 5.32 Å². The zero-order valence-electron chi connectivity index (χ0n) is 13.9. The average molecular weight is 370 g/mol. The molecule has 0 spiro atoms. The molecule has 7 nitrogen and oxygen atoms in total. The number of fused-ring (bicyclic) bond motifs is 2. The van der Waals surface area contributed by atoms with Crippen molar-refractivity contribution in [3.8, 4) is 5.75 Å². The lowest BCUT2D eigenvalue weighted by Gasteiger charge is -2.45. The van der Waals surface area contributed by atoms with Crippen LogP contribution in [0.25, 0.3) is 0 Å². The van der Waals surface area contributed by atoms with Crippen LogP contribution >= 0.6 is 12.4 Å². The molecule has 2 unspecified atom stereocenters. The fourth-order valence-electron chi connectivity index (χ4n) is 4.07. The Kier molecular flexibility index (Phi) is 6.61. The van der Waals surface area contributed by atoms with Gasteiger partial charge in [-0.15, -0.1) is 12.4 Å². The third kappa shape index (κ3) is 4.83. The second-order valence-corrected chi connectivity index (χ2v) is 6.82. The summed E-state index contributed by atoms with van der Waals surface area (Å²) in [7, 11) is 0. The Morgan fingerprint density at radius 1 is 1.24 bits per heavy atom. The van der Waals surface area contributed by atoms with Gasteiger partial charge in [-0.1, -0.05) is 6.42 Å². The van der Waals surface area contributed by atoms with Gasteiger partial charge in [0.2, 0.25) is 0 Å². The number of nitro groups is 1. The lowest BCUT2D eigenvalue weighted by molar-refractivity contribution is -0.384. The summed E-state index contributed by atoms with van der Waals surface area (Å²) in [6, 6.07) is 6.18. The van der Waals surface area contributed by atoms with E-state index in [9.17, 15) is 14.9 Å². The molecule has 8 heteroatoms. The quantitative estimate of drug-likeness (QED) is 0.612. The van der Waals surface area contributed by atoms with Crippen LogP contribution in [0.4, 0.5) is 5.69 Å². The van der Waals surface area contributed by atoms with E-state index in [4.69, 9.17) is 10.5 Å². The topological polar surface area (TPSA) is 107 Å². The van der Waals surface area contributed by atoms with Crippen molar-refractivity contribution in [2.45, 2.75) is 44.2 Å². The van der Waals surface area contributed by atoms with Gasteiger partial charge in [-0.05, 0) is 49.7 Å². The third-order valence-electron chi connectivity index (χ3n) is 5.12. The molecule has 2 saturated carbocycles. The summed E-state index contributed by atoms with van der Waals surface area (Å²) in [6.45, 7) is -0.0835. The maximum atomic E-state index is 12.2. The number of nitro benzene ring substituents is 1. The third-order valence-corrected chi connectivity index (χ3v) is 5.12. The van der Waals surface area contributed by atoms with Crippen molar-refractivity contribution in [2.24, 2.45) is 17.6 Å². The predicted molar refractivity (Wildman–Crippen MR) is 95.8 cm³/mol. The molecule has 0 radical (unpaired) electrons. The van der Waals surface area contributed by atoms with Gasteiger partial charge in [0, 0.05) is 24.2 Å². The van der Waals surface area contributed by atoms with Crippen LogP contribution in [0.1, 0.15) is 32.1 Å². The van der Waals surface area contributed by atoms with Gasteiger partial charge in [-0.25, -0.2) is 0 Å². The van der Waals surface area contributed by atoms with Gasteiger partial charge in [0.1, 0.15) is 5.75 Å². The SMILES string of the molecule is Cl.NC1CC2CCCC(C1)C2NC(=O)COc1ccc([N+](=O)[O-])cc1. The summed E-state index contributed by atoms with van der Waals surface area (Å²) in [5.41, 5.74) is 6.10. The molecule has 2 fully saturated rings. The van der Waals surface area contributed by atoms with Crippen molar-refractivity contribution in [3.63, 3.8) is 0 Å². The van der Waals surface area contributed by atoms with Crippen LogP contribution in [0.15, 0.2) is 24.3 Å². The Hall–Kier alpha value is -1.86. The van der Waals surface area contributed by atoms with Crippen molar-refractivity contribution in [1.29, 1.82) is 0 Å². The molecular weight excluding hydrogens is 346 g/mol. The smallest absolute Gasteiger partial charge is 0.269 e.